The first-order chi connectivity index (χ1) is 16.1. The van der Waals surface area contributed by atoms with Gasteiger partial charge in [0, 0.05) is 51.0 Å². The van der Waals surface area contributed by atoms with Crippen LogP contribution in [-0.4, -0.2) is 52.8 Å². The lowest BCUT2D eigenvalue weighted by Crippen LogP contribution is -2.32. The first-order valence-corrected chi connectivity index (χ1v) is 11.6. The summed E-state index contributed by atoms with van der Waals surface area (Å²) in [6, 6.07) is 14.1. The van der Waals surface area contributed by atoms with Crippen LogP contribution in [0.3, 0.4) is 0 Å². The molecule has 4 rings (SSSR count). The van der Waals surface area contributed by atoms with E-state index in [1.807, 2.05) is 30.3 Å². The van der Waals surface area contributed by atoms with Crippen molar-refractivity contribution < 1.29 is 9.47 Å². The van der Waals surface area contributed by atoms with Gasteiger partial charge in [0.05, 0.1) is 18.9 Å². The van der Waals surface area contributed by atoms with Crippen molar-refractivity contribution in [3.63, 3.8) is 0 Å². The Kier molecular flexibility index (Phi) is 7.86. The van der Waals surface area contributed by atoms with Gasteiger partial charge in [-0.05, 0) is 50.1 Å². The smallest absolute Gasteiger partial charge is 0.180 e. The molecule has 1 N–H and O–H groups in total. The minimum Gasteiger partial charge on any atom is -0.497 e. The summed E-state index contributed by atoms with van der Waals surface area (Å²) in [5.41, 5.74) is 4.36. The molecule has 2 aromatic heterocycles. The highest BCUT2D eigenvalue weighted by molar-refractivity contribution is 5.57. The third-order valence-electron chi connectivity index (χ3n) is 5.66. The molecule has 7 nitrogen and oxygen atoms in total. The number of hydrogen-bond donors (Lipinski definition) is 1. The van der Waals surface area contributed by atoms with E-state index < -0.39 is 0 Å². The molecule has 0 spiro atoms. The summed E-state index contributed by atoms with van der Waals surface area (Å²) in [5.74, 6) is 2.47. The van der Waals surface area contributed by atoms with Crippen LogP contribution < -0.4 is 10.1 Å². The summed E-state index contributed by atoms with van der Waals surface area (Å²) < 4.78 is 11.0. The number of ether oxygens (including phenoxy) is 2. The third-order valence-corrected chi connectivity index (χ3v) is 5.66. The van der Waals surface area contributed by atoms with Gasteiger partial charge in [0.1, 0.15) is 17.3 Å². The number of hydrogen-bond acceptors (Lipinski definition) is 7. The van der Waals surface area contributed by atoms with Crippen molar-refractivity contribution in [3.8, 4) is 17.3 Å². The van der Waals surface area contributed by atoms with Crippen molar-refractivity contribution in [2.24, 2.45) is 0 Å². The largest absolute Gasteiger partial charge is 0.497 e. The van der Waals surface area contributed by atoms with Gasteiger partial charge in [-0.2, -0.15) is 0 Å². The summed E-state index contributed by atoms with van der Waals surface area (Å²) in [6.45, 7) is 8.31. The summed E-state index contributed by atoms with van der Waals surface area (Å²) in [5, 5.41) is 3.55. The predicted molar refractivity (Wildman–Crippen MR) is 130 cm³/mol. The van der Waals surface area contributed by atoms with Crippen molar-refractivity contribution in [3.05, 3.63) is 65.5 Å². The topological polar surface area (TPSA) is 72.4 Å². The van der Waals surface area contributed by atoms with Crippen LogP contribution >= 0.6 is 0 Å². The van der Waals surface area contributed by atoms with Gasteiger partial charge in [0.25, 0.3) is 0 Å². The van der Waals surface area contributed by atoms with E-state index in [4.69, 9.17) is 19.4 Å². The number of aromatic nitrogens is 3. The highest BCUT2D eigenvalue weighted by atomic mass is 16.5. The highest BCUT2D eigenvalue weighted by Crippen LogP contribution is 2.28. The maximum Gasteiger partial charge on any atom is 0.180 e. The Morgan fingerprint density at radius 1 is 1.09 bits per heavy atom. The number of pyridine rings is 1. The molecule has 0 saturated heterocycles. The fourth-order valence-electron chi connectivity index (χ4n) is 3.95. The second-order valence-corrected chi connectivity index (χ2v) is 8.54. The van der Waals surface area contributed by atoms with Gasteiger partial charge in [-0.3, -0.25) is 9.88 Å². The van der Waals surface area contributed by atoms with E-state index in [0.717, 1.165) is 68.6 Å². The second kappa shape index (κ2) is 11.2. The molecule has 3 heterocycles. The number of methoxy groups -OCH3 is 1. The van der Waals surface area contributed by atoms with Gasteiger partial charge in [-0.25, -0.2) is 9.97 Å². The Morgan fingerprint density at radius 3 is 2.67 bits per heavy atom. The zero-order valence-corrected chi connectivity index (χ0v) is 19.8. The second-order valence-electron chi connectivity index (χ2n) is 8.54. The molecule has 0 radical (unpaired) electrons. The molecule has 33 heavy (non-hydrogen) atoms. The zero-order valence-electron chi connectivity index (χ0n) is 19.8. The molecular formula is C26H33N5O2. The molecule has 1 aliphatic rings. The molecule has 0 aliphatic carbocycles. The molecule has 1 aromatic carbocycles. The molecule has 0 saturated carbocycles. The van der Waals surface area contributed by atoms with E-state index in [2.05, 4.69) is 41.2 Å². The van der Waals surface area contributed by atoms with Crippen molar-refractivity contribution in [1.29, 1.82) is 0 Å². The summed E-state index contributed by atoms with van der Waals surface area (Å²) in [7, 11) is 1.69. The first-order valence-electron chi connectivity index (χ1n) is 11.6. The summed E-state index contributed by atoms with van der Waals surface area (Å²) in [4.78, 5) is 16.7. The Morgan fingerprint density at radius 2 is 1.94 bits per heavy atom. The van der Waals surface area contributed by atoms with Crippen LogP contribution in [0.5, 0.6) is 5.75 Å². The lowest BCUT2D eigenvalue weighted by molar-refractivity contribution is 0.0787. The number of anilines is 1. The molecule has 1 aliphatic heterocycles. The quantitative estimate of drug-likeness (QED) is 0.464. The van der Waals surface area contributed by atoms with Gasteiger partial charge < -0.3 is 14.8 Å². The van der Waals surface area contributed by atoms with E-state index in [1.165, 1.54) is 11.1 Å². The Balaban J connectivity index is 1.52. The molecule has 7 heteroatoms. The van der Waals surface area contributed by atoms with Crippen molar-refractivity contribution in [2.45, 2.75) is 45.9 Å². The van der Waals surface area contributed by atoms with E-state index in [0.29, 0.717) is 5.82 Å². The van der Waals surface area contributed by atoms with Crippen LogP contribution in [0.4, 0.5) is 5.82 Å². The van der Waals surface area contributed by atoms with Gasteiger partial charge in [-0.1, -0.05) is 18.2 Å². The van der Waals surface area contributed by atoms with Gasteiger partial charge in [0.15, 0.2) is 5.82 Å². The Bertz CT molecular complexity index is 1020. The van der Waals surface area contributed by atoms with E-state index >= 15 is 0 Å². The SMILES string of the molecule is COc1ccc(CN2CCc3nc(-c4ccccn4)nc(NCCCOC(C)C)c3C2)cc1. The lowest BCUT2D eigenvalue weighted by Gasteiger charge is -2.30. The number of nitrogens with one attached hydrogen (secondary N) is 1. The van der Waals surface area contributed by atoms with Crippen LogP contribution in [0.25, 0.3) is 11.5 Å². The van der Waals surface area contributed by atoms with Gasteiger partial charge >= 0.3 is 0 Å². The van der Waals surface area contributed by atoms with Crippen LogP contribution in [0, 0.1) is 0 Å². The Labute approximate surface area is 196 Å². The molecule has 0 atom stereocenters. The zero-order chi connectivity index (χ0) is 23.0. The number of nitrogens with zero attached hydrogens (tertiary/aromatic N) is 4. The minimum absolute atomic E-state index is 0.249. The fraction of sp³-hybridized carbons (Fsp3) is 0.423. The monoisotopic (exact) mass is 447 g/mol. The number of benzene rings is 1. The fourth-order valence-corrected chi connectivity index (χ4v) is 3.95. The maximum absolute atomic E-state index is 5.69. The third kappa shape index (κ3) is 6.27. The normalized spacial score (nSPS) is 13.7. The van der Waals surface area contributed by atoms with Crippen molar-refractivity contribution >= 4 is 5.82 Å². The van der Waals surface area contributed by atoms with E-state index in [-0.39, 0.29) is 6.10 Å². The summed E-state index contributed by atoms with van der Waals surface area (Å²) >= 11 is 0. The van der Waals surface area contributed by atoms with Crippen LogP contribution in [-0.2, 0) is 24.2 Å². The molecule has 0 fully saturated rings. The van der Waals surface area contributed by atoms with Crippen molar-refractivity contribution in [1.82, 2.24) is 19.9 Å². The standard InChI is InChI=1S/C26H33N5O2/c1-19(2)33-16-6-14-28-25-22-18-31(17-20-8-10-21(32-3)11-9-20)15-12-23(22)29-26(30-25)24-7-4-5-13-27-24/h4-5,7-11,13,19H,6,12,14-18H2,1-3H3,(H,28,29,30). The lowest BCUT2D eigenvalue weighted by atomic mass is 10.0. The number of fused-ring (bicyclic) bond motifs is 1. The van der Waals surface area contributed by atoms with E-state index in [1.54, 1.807) is 13.3 Å². The number of rotatable bonds is 10. The minimum atomic E-state index is 0.249. The molecule has 0 amide bonds. The molecule has 0 unspecified atom stereocenters. The average molecular weight is 448 g/mol. The van der Waals surface area contributed by atoms with Gasteiger partial charge in [-0.15, -0.1) is 0 Å². The van der Waals surface area contributed by atoms with Crippen LogP contribution in [0.1, 0.15) is 37.1 Å². The summed E-state index contributed by atoms with van der Waals surface area (Å²) in [6.07, 6.45) is 3.84. The van der Waals surface area contributed by atoms with Crippen LogP contribution in [0.2, 0.25) is 0 Å². The highest BCUT2D eigenvalue weighted by Gasteiger charge is 2.23. The predicted octanol–water partition coefficient (Wildman–Crippen LogP) is 4.33. The molecular weight excluding hydrogens is 414 g/mol. The van der Waals surface area contributed by atoms with Crippen molar-refractivity contribution in [2.75, 3.05) is 32.1 Å². The Hall–Kier alpha value is -3.03. The first kappa shape index (κ1) is 23.1. The molecule has 174 valence electrons. The van der Waals surface area contributed by atoms with Gasteiger partial charge in [0.2, 0.25) is 0 Å². The average Bonchev–Trinajstić information content (AvgIpc) is 2.84. The van der Waals surface area contributed by atoms with E-state index in [9.17, 15) is 0 Å². The molecule has 0 bridgehead atoms. The van der Waals surface area contributed by atoms with Crippen LogP contribution in [0.15, 0.2) is 48.7 Å². The maximum atomic E-state index is 5.69. The molecule has 3 aromatic rings.